The Kier molecular flexibility index (Phi) is 10.0. The van der Waals surface area contributed by atoms with Gasteiger partial charge >= 0.3 is 5.97 Å². The lowest BCUT2D eigenvalue weighted by Gasteiger charge is -2.39. The molecule has 0 aliphatic carbocycles. The number of esters is 1. The van der Waals surface area contributed by atoms with Gasteiger partial charge in [0.15, 0.2) is 23.0 Å². The SMILES string of the molecule is COC(=O)[C@H]1O[C@@H](Oc2cc3oc(-c4ccc(OCc5cccc6ccccc56)cc4)cc(=O)c3c(O)c2OCc2cccc3ccccc23)[C@H](O)[C@@H](O)[C@@H]1O. The molecule has 1 aliphatic heterocycles. The Hall–Kier alpha value is -6.44. The van der Waals surface area contributed by atoms with Crippen molar-refractivity contribution in [1.82, 2.24) is 0 Å². The van der Waals surface area contributed by atoms with Gasteiger partial charge in [-0.05, 0) is 56.9 Å². The summed E-state index contributed by atoms with van der Waals surface area (Å²) in [6.07, 6.45) is -9.07. The standard InChI is InChI=1S/C44H36O12/c1-51-43(50)42-39(48)38(47)40(49)44(56-42)55-35-21-34-36(37(46)41(35)53-23-28-13-7-11-25-9-3-5-15-31(25)28)32(45)20-33(54-34)26-16-18-29(19-17-26)52-22-27-12-6-10-24-8-2-4-14-30(24)27/h2-21,38-40,42,44,46-49H,22-23H2,1H3/t38-,39-,40+,42-,44+/m0/s1. The van der Waals surface area contributed by atoms with Gasteiger partial charge in [-0.1, -0.05) is 84.9 Å². The van der Waals surface area contributed by atoms with Crippen molar-refractivity contribution < 1.29 is 53.3 Å². The molecule has 4 N–H and O–H groups in total. The smallest absolute Gasteiger partial charge is 0.337 e. The molecule has 8 rings (SSSR count). The van der Waals surface area contributed by atoms with Gasteiger partial charge in [0.2, 0.25) is 12.0 Å². The highest BCUT2D eigenvalue weighted by Crippen LogP contribution is 2.44. The lowest BCUT2D eigenvalue weighted by atomic mass is 9.99. The van der Waals surface area contributed by atoms with E-state index in [1.54, 1.807) is 24.3 Å². The molecule has 0 spiro atoms. The van der Waals surface area contributed by atoms with E-state index < -0.39 is 47.9 Å². The molecule has 6 aromatic carbocycles. The second-order valence-electron chi connectivity index (χ2n) is 13.3. The molecule has 1 saturated heterocycles. The van der Waals surface area contributed by atoms with Crippen molar-refractivity contribution in [2.45, 2.75) is 43.9 Å². The highest BCUT2D eigenvalue weighted by atomic mass is 16.7. The Morgan fingerprint density at radius 2 is 1.32 bits per heavy atom. The minimum absolute atomic E-state index is 0.0880. The molecule has 1 fully saturated rings. The van der Waals surface area contributed by atoms with Gasteiger partial charge in [-0.25, -0.2) is 4.79 Å². The first kappa shape index (κ1) is 36.5. The van der Waals surface area contributed by atoms with E-state index in [1.807, 2.05) is 84.9 Å². The number of phenolic OH excluding ortho intramolecular Hbond substituents is 1. The third-order valence-electron chi connectivity index (χ3n) is 9.82. The number of rotatable bonds is 10. The molecule has 1 aromatic heterocycles. The highest BCUT2D eigenvalue weighted by Gasteiger charge is 2.49. The summed E-state index contributed by atoms with van der Waals surface area (Å²) in [5.41, 5.74) is 1.62. The molecule has 0 radical (unpaired) electrons. The predicted molar refractivity (Wildman–Crippen MR) is 205 cm³/mol. The zero-order valence-corrected chi connectivity index (χ0v) is 29.9. The molecule has 56 heavy (non-hydrogen) atoms. The summed E-state index contributed by atoms with van der Waals surface area (Å²) in [5.74, 6) is -1.45. The van der Waals surface area contributed by atoms with Crippen LogP contribution < -0.4 is 19.6 Å². The normalized spacial score (nSPS) is 19.5. The van der Waals surface area contributed by atoms with Crippen LogP contribution in [0, 0.1) is 0 Å². The molecule has 0 saturated carbocycles. The van der Waals surface area contributed by atoms with Crippen molar-refractivity contribution in [3.05, 3.63) is 143 Å². The molecular weight excluding hydrogens is 720 g/mol. The number of fused-ring (bicyclic) bond motifs is 3. The molecule has 12 heteroatoms. The highest BCUT2D eigenvalue weighted by molar-refractivity contribution is 5.90. The van der Waals surface area contributed by atoms with Crippen LogP contribution in [0.25, 0.3) is 43.8 Å². The van der Waals surface area contributed by atoms with Crippen molar-refractivity contribution >= 4 is 38.5 Å². The van der Waals surface area contributed by atoms with Gasteiger partial charge in [0.05, 0.1) is 7.11 Å². The monoisotopic (exact) mass is 756 g/mol. The molecule has 2 heterocycles. The summed E-state index contributed by atoms with van der Waals surface area (Å²) in [7, 11) is 1.07. The Morgan fingerprint density at radius 3 is 1.96 bits per heavy atom. The van der Waals surface area contributed by atoms with Crippen LogP contribution in [0.15, 0.2) is 131 Å². The van der Waals surface area contributed by atoms with Crippen molar-refractivity contribution in [3.63, 3.8) is 0 Å². The molecule has 5 atom stereocenters. The Labute approximate surface area is 319 Å². The summed E-state index contributed by atoms with van der Waals surface area (Å²) < 4.78 is 34.6. The van der Waals surface area contributed by atoms with Crippen LogP contribution in [0.5, 0.6) is 23.0 Å². The molecule has 1 aliphatic rings. The average Bonchev–Trinajstić information content (AvgIpc) is 3.22. The van der Waals surface area contributed by atoms with Gasteiger partial charge in [-0.15, -0.1) is 0 Å². The largest absolute Gasteiger partial charge is 0.504 e. The first-order chi connectivity index (χ1) is 27.2. The van der Waals surface area contributed by atoms with E-state index in [1.165, 1.54) is 12.1 Å². The minimum atomic E-state index is -1.88. The van der Waals surface area contributed by atoms with E-state index in [0.29, 0.717) is 17.9 Å². The molecule has 7 aromatic rings. The predicted octanol–water partition coefficient (Wildman–Crippen LogP) is 5.99. The van der Waals surface area contributed by atoms with Crippen molar-refractivity contribution in [3.8, 4) is 34.3 Å². The quantitative estimate of drug-likeness (QED) is 0.120. The van der Waals surface area contributed by atoms with E-state index in [0.717, 1.165) is 39.8 Å². The van der Waals surface area contributed by atoms with Gasteiger partial charge in [0.25, 0.3) is 0 Å². The zero-order valence-electron chi connectivity index (χ0n) is 29.9. The second kappa shape index (κ2) is 15.4. The number of hydrogen-bond donors (Lipinski definition) is 4. The zero-order chi connectivity index (χ0) is 38.9. The third-order valence-corrected chi connectivity index (χ3v) is 9.82. The molecular formula is C44H36O12. The number of methoxy groups -OCH3 is 1. The number of phenols is 1. The van der Waals surface area contributed by atoms with Gasteiger partial charge in [0.1, 0.15) is 54.0 Å². The fraction of sp³-hybridized carbons (Fsp3) is 0.182. The maximum absolute atomic E-state index is 13.7. The maximum atomic E-state index is 13.7. The summed E-state index contributed by atoms with van der Waals surface area (Å²) in [5, 5.41) is 47.3. The van der Waals surface area contributed by atoms with E-state index in [-0.39, 0.29) is 34.8 Å². The Morgan fingerprint density at radius 1 is 0.714 bits per heavy atom. The Bertz CT molecular complexity index is 2610. The fourth-order valence-corrected chi connectivity index (χ4v) is 6.88. The van der Waals surface area contributed by atoms with E-state index in [2.05, 4.69) is 0 Å². The molecule has 0 unspecified atom stereocenters. The average molecular weight is 757 g/mol. The molecule has 0 bridgehead atoms. The number of aromatic hydroxyl groups is 1. The van der Waals surface area contributed by atoms with Gasteiger partial charge in [0, 0.05) is 17.7 Å². The van der Waals surface area contributed by atoms with Gasteiger partial charge in [-0.2, -0.15) is 0 Å². The van der Waals surface area contributed by atoms with Crippen LogP contribution >= 0.6 is 0 Å². The van der Waals surface area contributed by atoms with Crippen LogP contribution in [0.1, 0.15) is 11.1 Å². The third kappa shape index (κ3) is 6.98. The minimum Gasteiger partial charge on any atom is -0.504 e. The number of ether oxygens (including phenoxy) is 5. The topological polar surface area (TPSA) is 174 Å². The number of aliphatic hydroxyl groups excluding tert-OH is 3. The van der Waals surface area contributed by atoms with E-state index in [9.17, 15) is 30.0 Å². The molecule has 284 valence electrons. The van der Waals surface area contributed by atoms with Gasteiger partial charge < -0.3 is 48.5 Å². The van der Waals surface area contributed by atoms with Crippen LogP contribution in [0.2, 0.25) is 0 Å². The van der Waals surface area contributed by atoms with Crippen molar-refractivity contribution in [2.75, 3.05) is 7.11 Å². The lowest BCUT2D eigenvalue weighted by molar-refractivity contribution is -0.272. The van der Waals surface area contributed by atoms with E-state index in [4.69, 9.17) is 28.1 Å². The van der Waals surface area contributed by atoms with Crippen LogP contribution in [0.4, 0.5) is 0 Å². The van der Waals surface area contributed by atoms with Crippen LogP contribution in [-0.4, -0.2) is 64.2 Å². The number of hydrogen-bond acceptors (Lipinski definition) is 12. The summed E-state index contributed by atoms with van der Waals surface area (Å²) >= 11 is 0. The maximum Gasteiger partial charge on any atom is 0.337 e. The Balaban J connectivity index is 1.13. The number of benzene rings is 6. The van der Waals surface area contributed by atoms with Crippen molar-refractivity contribution in [1.29, 1.82) is 0 Å². The number of carbonyl (C=O) groups is 1. The summed E-state index contributed by atoms with van der Waals surface area (Å²) in [6.45, 7) is 0.254. The van der Waals surface area contributed by atoms with E-state index >= 15 is 0 Å². The summed E-state index contributed by atoms with van der Waals surface area (Å²) in [6, 6.07) is 36.9. The number of carbonyl (C=O) groups excluding carboxylic acids is 1. The fourth-order valence-electron chi connectivity index (χ4n) is 6.88. The second-order valence-corrected chi connectivity index (χ2v) is 13.3. The van der Waals surface area contributed by atoms with Crippen LogP contribution in [-0.2, 0) is 27.5 Å². The summed E-state index contributed by atoms with van der Waals surface area (Å²) in [4.78, 5) is 26.1. The lowest BCUT2D eigenvalue weighted by Crippen LogP contribution is -2.61. The van der Waals surface area contributed by atoms with Gasteiger partial charge in [-0.3, -0.25) is 4.79 Å². The first-order valence-corrected chi connectivity index (χ1v) is 17.8. The number of aliphatic hydroxyl groups is 3. The molecule has 0 amide bonds. The van der Waals surface area contributed by atoms with Crippen molar-refractivity contribution in [2.24, 2.45) is 0 Å². The van der Waals surface area contributed by atoms with Crippen LogP contribution in [0.3, 0.4) is 0 Å². The first-order valence-electron chi connectivity index (χ1n) is 17.8. The molecule has 12 nitrogen and oxygen atoms in total.